The van der Waals surface area contributed by atoms with E-state index in [4.69, 9.17) is 9.72 Å². The molecule has 8 nitrogen and oxygen atoms in total. The third-order valence-corrected chi connectivity index (χ3v) is 7.51. The average molecular weight is 582 g/mol. The Kier molecular flexibility index (Phi) is 11.4. The van der Waals surface area contributed by atoms with Crippen LogP contribution in [-0.4, -0.2) is 20.9 Å². The van der Waals surface area contributed by atoms with Crippen LogP contribution in [0.1, 0.15) is 71.6 Å². The molecule has 8 heteroatoms. The number of non-ortho nitro benzene ring substituents is 2. The van der Waals surface area contributed by atoms with Crippen LogP contribution >= 0.6 is 0 Å². The van der Waals surface area contributed by atoms with Crippen LogP contribution in [0.4, 0.5) is 11.4 Å². The molecular formula is C35H39N3O5. The molecule has 4 rings (SSSR count). The van der Waals surface area contributed by atoms with E-state index in [0.717, 1.165) is 42.6 Å². The van der Waals surface area contributed by atoms with Gasteiger partial charge in [0.1, 0.15) is 5.75 Å². The van der Waals surface area contributed by atoms with Gasteiger partial charge in [0.2, 0.25) is 0 Å². The number of pyridine rings is 1. The van der Waals surface area contributed by atoms with E-state index in [9.17, 15) is 20.2 Å². The third-order valence-electron chi connectivity index (χ3n) is 7.51. The van der Waals surface area contributed by atoms with Gasteiger partial charge in [-0.3, -0.25) is 20.2 Å². The number of para-hydroxylation sites is 1. The molecule has 1 unspecified atom stereocenters. The van der Waals surface area contributed by atoms with Crippen LogP contribution in [0.5, 0.6) is 5.75 Å². The molecule has 0 N–H and O–H groups in total. The SMILES string of the molecule is CCCCCCCCC(CCC)Oc1ccccc1-c1cc(-c2cccc([N+](=O)[O-])c2)nc(-c2cccc([N+](=O)[O-])c2)c1. The van der Waals surface area contributed by atoms with Crippen molar-refractivity contribution >= 4 is 11.4 Å². The summed E-state index contributed by atoms with van der Waals surface area (Å²) in [6.07, 6.45) is 10.4. The molecule has 0 radical (unpaired) electrons. The Morgan fingerprint density at radius 1 is 0.651 bits per heavy atom. The summed E-state index contributed by atoms with van der Waals surface area (Å²) in [6.45, 7) is 4.40. The van der Waals surface area contributed by atoms with Crippen molar-refractivity contribution in [2.45, 2.75) is 77.7 Å². The van der Waals surface area contributed by atoms with Gasteiger partial charge in [0, 0.05) is 41.0 Å². The molecule has 1 heterocycles. The average Bonchev–Trinajstić information content (AvgIpc) is 3.03. The fourth-order valence-corrected chi connectivity index (χ4v) is 5.26. The second-order valence-electron chi connectivity index (χ2n) is 10.8. The van der Waals surface area contributed by atoms with E-state index in [1.807, 2.05) is 36.4 Å². The Labute approximate surface area is 253 Å². The molecule has 0 amide bonds. The molecule has 0 saturated carbocycles. The Morgan fingerprint density at radius 2 is 1.23 bits per heavy atom. The lowest BCUT2D eigenvalue weighted by molar-refractivity contribution is -0.385. The van der Waals surface area contributed by atoms with Crippen LogP contribution in [0.15, 0.2) is 84.9 Å². The standard InChI is InChI=1S/C35H39N3O5/c1-3-5-6-7-8-9-19-31(14-4-2)43-35-21-11-10-20-32(35)28-24-33(26-15-12-17-29(22-26)37(39)40)36-34(25-28)27-16-13-18-30(23-27)38(41)42/h10-13,15-18,20-25,31H,3-9,14,19H2,1-2H3. The number of hydrogen-bond donors (Lipinski definition) is 0. The summed E-state index contributed by atoms with van der Waals surface area (Å²) >= 11 is 0. The van der Waals surface area contributed by atoms with Gasteiger partial charge in [-0.2, -0.15) is 0 Å². The number of unbranched alkanes of at least 4 members (excludes halogenated alkanes) is 5. The van der Waals surface area contributed by atoms with Crippen molar-refractivity contribution in [2.24, 2.45) is 0 Å². The molecule has 4 aromatic rings. The van der Waals surface area contributed by atoms with Gasteiger partial charge in [0.05, 0.1) is 27.3 Å². The molecule has 0 aliphatic rings. The molecule has 224 valence electrons. The fraction of sp³-hybridized carbons (Fsp3) is 0.343. The topological polar surface area (TPSA) is 108 Å². The maximum absolute atomic E-state index is 11.5. The fourth-order valence-electron chi connectivity index (χ4n) is 5.26. The minimum Gasteiger partial charge on any atom is -0.490 e. The molecule has 1 aromatic heterocycles. The maximum Gasteiger partial charge on any atom is 0.270 e. The lowest BCUT2D eigenvalue weighted by atomic mass is 9.98. The maximum atomic E-state index is 11.5. The predicted molar refractivity (Wildman–Crippen MR) is 171 cm³/mol. The van der Waals surface area contributed by atoms with Crippen molar-refractivity contribution < 1.29 is 14.6 Å². The number of nitro benzene ring substituents is 2. The first-order valence-electron chi connectivity index (χ1n) is 15.2. The van der Waals surface area contributed by atoms with Gasteiger partial charge >= 0.3 is 0 Å². The van der Waals surface area contributed by atoms with Crippen molar-refractivity contribution in [3.8, 4) is 39.4 Å². The van der Waals surface area contributed by atoms with E-state index in [1.165, 1.54) is 56.4 Å². The Hall–Kier alpha value is -4.59. The molecule has 1 atom stereocenters. The van der Waals surface area contributed by atoms with Gasteiger partial charge in [-0.1, -0.05) is 94.8 Å². The normalized spacial score (nSPS) is 11.7. The highest BCUT2D eigenvalue weighted by Crippen LogP contribution is 2.37. The van der Waals surface area contributed by atoms with Gasteiger partial charge in [0.25, 0.3) is 11.4 Å². The predicted octanol–water partition coefficient (Wildman–Crippen LogP) is 10.2. The molecule has 3 aromatic carbocycles. The summed E-state index contributed by atoms with van der Waals surface area (Å²) in [6, 6.07) is 24.3. The highest BCUT2D eigenvalue weighted by molar-refractivity contribution is 5.80. The van der Waals surface area contributed by atoms with Crippen LogP contribution in [0.2, 0.25) is 0 Å². The zero-order chi connectivity index (χ0) is 30.6. The van der Waals surface area contributed by atoms with E-state index in [2.05, 4.69) is 13.8 Å². The highest BCUT2D eigenvalue weighted by Gasteiger charge is 2.17. The van der Waals surface area contributed by atoms with Crippen molar-refractivity contribution in [3.63, 3.8) is 0 Å². The number of rotatable bonds is 16. The summed E-state index contributed by atoms with van der Waals surface area (Å²) < 4.78 is 6.66. The molecule has 0 fully saturated rings. The van der Waals surface area contributed by atoms with Crippen LogP contribution in [0, 0.1) is 20.2 Å². The van der Waals surface area contributed by atoms with E-state index in [1.54, 1.807) is 24.3 Å². The minimum absolute atomic E-state index is 0.0394. The summed E-state index contributed by atoms with van der Waals surface area (Å²) in [5.41, 5.74) is 3.80. The van der Waals surface area contributed by atoms with E-state index >= 15 is 0 Å². The molecule has 0 spiro atoms. The van der Waals surface area contributed by atoms with Gasteiger partial charge in [-0.15, -0.1) is 0 Å². The zero-order valence-corrected chi connectivity index (χ0v) is 24.9. The van der Waals surface area contributed by atoms with Crippen molar-refractivity contribution in [3.05, 3.63) is 105 Å². The lowest BCUT2D eigenvalue weighted by Crippen LogP contribution is -2.16. The number of nitro groups is 2. The quantitative estimate of drug-likeness (QED) is 0.0740. The second-order valence-corrected chi connectivity index (χ2v) is 10.8. The molecule has 43 heavy (non-hydrogen) atoms. The minimum atomic E-state index is -0.435. The van der Waals surface area contributed by atoms with Crippen LogP contribution < -0.4 is 4.74 Å². The first kappa shape index (κ1) is 31.3. The Morgan fingerprint density at radius 3 is 1.81 bits per heavy atom. The van der Waals surface area contributed by atoms with Crippen LogP contribution in [0.3, 0.4) is 0 Å². The Bertz CT molecular complexity index is 1460. The molecule has 0 aliphatic heterocycles. The van der Waals surface area contributed by atoms with Gasteiger partial charge < -0.3 is 4.74 Å². The molecule has 0 saturated heterocycles. The zero-order valence-electron chi connectivity index (χ0n) is 24.9. The van der Waals surface area contributed by atoms with E-state index in [0.29, 0.717) is 22.5 Å². The number of benzene rings is 3. The van der Waals surface area contributed by atoms with Crippen molar-refractivity contribution in [1.29, 1.82) is 0 Å². The second kappa shape index (κ2) is 15.6. The van der Waals surface area contributed by atoms with Gasteiger partial charge in [-0.25, -0.2) is 4.98 Å². The lowest BCUT2D eigenvalue weighted by Gasteiger charge is -2.21. The van der Waals surface area contributed by atoms with E-state index < -0.39 is 9.85 Å². The third kappa shape index (κ3) is 8.70. The summed E-state index contributed by atoms with van der Waals surface area (Å²) in [7, 11) is 0. The number of hydrogen-bond acceptors (Lipinski definition) is 6. The van der Waals surface area contributed by atoms with Crippen LogP contribution in [-0.2, 0) is 0 Å². The highest BCUT2D eigenvalue weighted by atomic mass is 16.6. The smallest absolute Gasteiger partial charge is 0.270 e. The monoisotopic (exact) mass is 581 g/mol. The Balaban J connectivity index is 1.74. The van der Waals surface area contributed by atoms with Crippen molar-refractivity contribution in [2.75, 3.05) is 0 Å². The van der Waals surface area contributed by atoms with E-state index in [-0.39, 0.29) is 17.5 Å². The van der Waals surface area contributed by atoms with Gasteiger partial charge in [-0.05, 0) is 43.0 Å². The first-order chi connectivity index (χ1) is 20.9. The summed E-state index contributed by atoms with van der Waals surface area (Å²) in [4.78, 5) is 27.0. The molecular weight excluding hydrogens is 542 g/mol. The summed E-state index contributed by atoms with van der Waals surface area (Å²) in [5.74, 6) is 0.758. The van der Waals surface area contributed by atoms with Crippen molar-refractivity contribution in [1.82, 2.24) is 4.98 Å². The number of aromatic nitrogens is 1. The molecule has 0 bridgehead atoms. The largest absolute Gasteiger partial charge is 0.490 e. The summed E-state index contributed by atoms with van der Waals surface area (Å²) in [5, 5.41) is 23.0. The number of ether oxygens (including phenoxy) is 1. The molecule has 0 aliphatic carbocycles. The van der Waals surface area contributed by atoms with Gasteiger partial charge in [0.15, 0.2) is 0 Å². The first-order valence-corrected chi connectivity index (χ1v) is 15.2. The number of nitrogens with zero attached hydrogens (tertiary/aromatic N) is 3. The van der Waals surface area contributed by atoms with Crippen LogP contribution in [0.25, 0.3) is 33.6 Å².